The molecule has 0 spiro atoms. The molecule has 1 aromatic rings. The molecule has 1 aliphatic heterocycles. The molecule has 1 heterocycles. The van der Waals surface area contributed by atoms with Crippen LogP contribution in [0, 0.1) is 0 Å². The summed E-state index contributed by atoms with van der Waals surface area (Å²) in [5.74, 6) is 0.172. The molecule has 2 unspecified atom stereocenters. The van der Waals surface area contributed by atoms with Gasteiger partial charge in [0, 0.05) is 0 Å². The fourth-order valence-corrected chi connectivity index (χ4v) is 2.61. The second-order valence-electron chi connectivity index (χ2n) is 4.10. The summed E-state index contributed by atoms with van der Waals surface area (Å²) in [4.78, 5) is 11.7. The van der Waals surface area contributed by atoms with Crippen LogP contribution in [0.5, 0.6) is 5.75 Å². The van der Waals surface area contributed by atoms with E-state index in [1.165, 1.54) is 7.11 Å². The van der Waals surface area contributed by atoms with Crippen molar-refractivity contribution in [3.8, 4) is 5.75 Å². The van der Waals surface area contributed by atoms with E-state index in [4.69, 9.17) is 21.1 Å². The first-order chi connectivity index (χ1) is 8.54. The number of epoxide rings is 1. The standard InChI is InChI=1S/C13H15ClO4/c1-4-12(13(14,18-12)11(15)17-3)9-5-7-10(16-2)8-6-9/h5-8H,4H2,1-3H3. The molecule has 0 N–H and O–H groups in total. The van der Waals surface area contributed by atoms with Crippen molar-refractivity contribution in [3.05, 3.63) is 29.8 Å². The van der Waals surface area contributed by atoms with Gasteiger partial charge < -0.3 is 14.2 Å². The molecule has 4 nitrogen and oxygen atoms in total. The third kappa shape index (κ3) is 1.68. The van der Waals surface area contributed by atoms with Crippen molar-refractivity contribution in [1.82, 2.24) is 0 Å². The van der Waals surface area contributed by atoms with Gasteiger partial charge in [0.2, 0.25) is 0 Å². The van der Waals surface area contributed by atoms with Gasteiger partial charge in [0.05, 0.1) is 14.2 Å². The monoisotopic (exact) mass is 270 g/mol. The minimum atomic E-state index is -1.41. The van der Waals surface area contributed by atoms with E-state index < -0.39 is 16.6 Å². The Hall–Kier alpha value is -1.26. The van der Waals surface area contributed by atoms with Gasteiger partial charge >= 0.3 is 5.97 Å². The first kappa shape index (κ1) is 13.2. The van der Waals surface area contributed by atoms with Gasteiger partial charge in [-0.25, -0.2) is 4.79 Å². The van der Waals surface area contributed by atoms with Crippen molar-refractivity contribution >= 4 is 17.6 Å². The summed E-state index contributed by atoms with van der Waals surface area (Å²) in [5, 5.41) is -1.41. The van der Waals surface area contributed by atoms with Crippen molar-refractivity contribution in [2.75, 3.05) is 14.2 Å². The molecule has 2 rings (SSSR count). The van der Waals surface area contributed by atoms with Gasteiger partial charge in [-0.1, -0.05) is 30.7 Å². The molecule has 0 amide bonds. The lowest BCUT2D eigenvalue weighted by molar-refractivity contribution is -0.143. The smallest absolute Gasteiger partial charge is 0.357 e. The van der Waals surface area contributed by atoms with Crippen molar-refractivity contribution in [1.29, 1.82) is 0 Å². The molecular weight excluding hydrogens is 256 g/mol. The highest BCUT2D eigenvalue weighted by Gasteiger charge is 2.75. The number of carbonyl (C=O) groups excluding carboxylic acids is 1. The van der Waals surface area contributed by atoms with Crippen LogP contribution in [0.15, 0.2) is 24.3 Å². The second-order valence-corrected chi connectivity index (χ2v) is 4.63. The Bertz CT molecular complexity index is 459. The van der Waals surface area contributed by atoms with Crippen LogP contribution < -0.4 is 4.74 Å². The summed E-state index contributed by atoms with van der Waals surface area (Å²) >= 11 is 6.20. The molecule has 0 bridgehead atoms. The predicted octanol–water partition coefficient (Wildman–Crippen LogP) is 2.44. The quantitative estimate of drug-likeness (QED) is 0.479. The number of hydrogen-bond donors (Lipinski definition) is 0. The van der Waals surface area contributed by atoms with E-state index in [1.54, 1.807) is 7.11 Å². The Balaban J connectivity index is 2.33. The maximum Gasteiger partial charge on any atom is 0.357 e. The number of halogens is 1. The molecule has 1 aliphatic rings. The molecule has 0 saturated carbocycles. The Kier molecular flexibility index (Phi) is 3.25. The van der Waals surface area contributed by atoms with Gasteiger partial charge in [0.1, 0.15) is 5.75 Å². The molecule has 1 aromatic carbocycles. The molecule has 0 radical (unpaired) electrons. The first-order valence-corrected chi connectivity index (χ1v) is 6.04. The highest BCUT2D eigenvalue weighted by Crippen LogP contribution is 2.61. The molecule has 98 valence electrons. The van der Waals surface area contributed by atoms with Crippen LogP contribution in [0.4, 0.5) is 0 Å². The normalized spacial score (nSPS) is 29.8. The Morgan fingerprint density at radius 3 is 2.39 bits per heavy atom. The zero-order valence-electron chi connectivity index (χ0n) is 10.5. The lowest BCUT2D eigenvalue weighted by Crippen LogP contribution is -2.28. The summed E-state index contributed by atoms with van der Waals surface area (Å²) < 4.78 is 15.3. The zero-order valence-corrected chi connectivity index (χ0v) is 11.3. The number of methoxy groups -OCH3 is 2. The fourth-order valence-electron chi connectivity index (χ4n) is 2.16. The van der Waals surface area contributed by atoms with E-state index in [2.05, 4.69) is 4.74 Å². The number of hydrogen-bond acceptors (Lipinski definition) is 4. The summed E-state index contributed by atoms with van der Waals surface area (Å²) in [6.45, 7) is 1.91. The first-order valence-electron chi connectivity index (χ1n) is 5.66. The van der Waals surface area contributed by atoms with E-state index in [-0.39, 0.29) is 0 Å². The number of esters is 1. The Labute approximate surface area is 111 Å². The molecule has 1 fully saturated rings. The van der Waals surface area contributed by atoms with Crippen LogP contribution in [0.3, 0.4) is 0 Å². The van der Waals surface area contributed by atoms with Crippen molar-refractivity contribution in [3.63, 3.8) is 0 Å². The van der Waals surface area contributed by atoms with E-state index in [1.807, 2.05) is 31.2 Å². The van der Waals surface area contributed by atoms with E-state index in [9.17, 15) is 4.79 Å². The number of alkyl halides is 1. The minimum absolute atomic E-state index is 0.568. The maximum atomic E-state index is 11.7. The van der Waals surface area contributed by atoms with Crippen LogP contribution in [-0.2, 0) is 19.9 Å². The van der Waals surface area contributed by atoms with Crippen LogP contribution in [0.2, 0.25) is 0 Å². The molecule has 0 aliphatic carbocycles. The van der Waals surface area contributed by atoms with Crippen LogP contribution in [0.25, 0.3) is 0 Å². The maximum absolute atomic E-state index is 11.7. The van der Waals surface area contributed by atoms with E-state index >= 15 is 0 Å². The van der Waals surface area contributed by atoms with E-state index in [0.717, 1.165) is 11.3 Å². The van der Waals surface area contributed by atoms with Gasteiger partial charge in [-0.15, -0.1) is 0 Å². The lowest BCUT2D eigenvalue weighted by atomic mass is 9.92. The topological polar surface area (TPSA) is 48.1 Å². The predicted molar refractivity (Wildman–Crippen MR) is 66.6 cm³/mol. The zero-order chi connectivity index (χ0) is 13.4. The van der Waals surface area contributed by atoms with Crippen LogP contribution in [-0.4, -0.2) is 25.2 Å². The largest absolute Gasteiger partial charge is 0.497 e. The Morgan fingerprint density at radius 2 is 1.94 bits per heavy atom. The summed E-state index contributed by atoms with van der Waals surface area (Å²) in [6, 6.07) is 7.30. The molecule has 0 aromatic heterocycles. The number of benzene rings is 1. The average Bonchev–Trinajstić information content (AvgIpc) is 3.06. The van der Waals surface area contributed by atoms with Crippen molar-refractivity contribution < 1.29 is 19.0 Å². The molecule has 5 heteroatoms. The highest BCUT2D eigenvalue weighted by atomic mass is 35.5. The van der Waals surface area contributed by atoms with Gasteiger partial charge in [0.15, 0.2) is 5.60 Å². The van der Waals surface area contributed by atoms with Gasteiger partial charge in [-0.3, -0.25) is 0 Å². The fraction of sp³-hybridized carbons (Fsp3) is 0.462. The van der Waals surface area contributed by atoms with E-state index in [0.29, 0.717) is 6.42 Å². The van der Waals surface area contributed by atoms with Crippen LogP contribution >= 0.6 is 11.6 Å². The summed E-state index contributed by atoms with van der Waals surface area (Å²) in [7, 11) is 2.89. The highest BCUT2D eigenvalue weighted by molar-refractivity contribution is 6.35. The number of carbonyl (C=O) groups is 1. The molecule has 18 heavy (non-hydrogen) atoms. The average molecular weight is 271 g/mol. The van der Waals surface area contributed by atoms with Crippen LogP contribution in [0.1, 0.15) is 18.9 Å². The third-order valence-electron chi connectivity index (χ3n) is 3.29. The SMILES string of the molecule is CCC1(c2ccc(OC)cc2)OC1(Cl)C(=O)OC. The van der Waals surface area contributed by atoms with Crippen molar-refractivity contribution in [2.24, 2.45) is 0 Å². The molecule has 1 saturated heterocycles. The number of ether oxygens (including phenoxy) is 3. The second kappa shape index (κ2) is 4.44. The lowest BCUT2D eigenvalue weighted by Gasteiger charge is -2.13. The van der Waals surface area contributed by atoms with Crippen molar-refractivity contribution in [2.45, 2.75) is 24.0 Å². The van der Waals surface area contributed by atoms with Gasteiger partial charge in [-0.05, 0) is 24.1 Å². The van der Waals surface area contributed by atoms with Gasteiger partial charge in [-0.2, -0.15) is 0 Å². The summed E-state index contributed by atoms with van der Waals surface area (Å²) in [6.07, 6.45) is 0.581. The summed E-state index contributed by atoms with van der Waals surface area (Å²) in [5.41, 5.74) is 0.0275. The van der Waals surface area contributed by atoms with Gasteiger partial charge in [0.25, 0.3) is 5.06 Å². The third-order valence-corrected chi connectivity index (χ3v) is 3.83. The molecular formula is C13H15ClO4. The minimum Gasteiger partial charge on any atom is -0.497 e. The number of rotatable bonds is 4. The molecule has 2 atom stereocenters. The Morgan fingerprint density at radius 1 is 1.33 bits per heavy atom.